The van der Waals surface area contributed by atoms with Crippen LogP contribution in [0.2, 0.25) is 0 Å². The fourth-order valence-corrected chi connectivity index (χ4v) is 1.52. The number of benzene rings is 1. The van der Waals surface area contributed by atoms with E-state index in [9.17, 15) is 14.0 Å². The minimum absolute atomic E-state index is 0.0292. The van der Waals surface area contributed by atoms with E-state index < -0.39 is 17.6 Å². The van der Waals surface area contributed by atoms with Gasteiger partial charge < -0.3 is 15.7 Å². The van der Waals surface area contributed by atoms with Crippen LogP contribution in [0.1, 0.15) is 12.8 Å². The van der Waals surface area contributed by atoms with Crippen molar-refractivity contribution in [2.75, 3.05) is 18.1 Å². The third-order valence-corrected chi connectivity index (χ3v) is 2.35. The third-order valence-electron chi connectivity index (χ3n) is 2.35. The van der Waals surface area contributed by atoms with Gasteiger partial charge in [-0.2, -0.15) is 0 Å². The zero-order valence-corrected chi connectivity index (χ0v) is 9.80. The van der Waals surface area contributed by atoms with Gasteiger partial charge in [0, 0.05) is 19.4 Å². The molecule has 0 aliphatic heterocycles. The molecule has 0 aliphatic rings. The van der Waals surface area contributed by atoms with Crippen molar-refractivity contribution < 1.29 is 19.1 Å². The van der Waals surface area contributed by atoms with Crippen molar-refractivity contribution >= 4 is 17.5 Å². The molecule has 0 heterocycles. The van der Waals surface area contributed by atoms with E-state index in [-0.39, 0.29) is 31.7 Å². The number of hydrogen-bond donors (Lipinski definition) is 2. The highest BCUT2D eigenvalue weighted by Crippen LogP contribution is 2.19. The van der Waals surface area contributed by atoms with E-state index >= 15 is 0 Å². The molecule has 0 spiro atoms. The highest BCUT2D eigenvalue weighted by Gasteiger charge is 2.18. The number of aliphatic hydroxyl groups is 1. The molecule has 0 bridgehead atoms. The van der Waals surface area contributed by atoms with Gasteiger partial charge in [-0.1, -0.05) is 12.1 Å². The maximum absolute atomic E-state index is 13.6. The molecule has 5 nitrogen and oxygen atoms in total. The van der Waals surface area contributed by atoms with E-state index in [1.807, 2.05) is 0 Å². The van der Waals surface area contributed by atoms with Gasteiger partial charge in [0.25, 0.3) is 0 Å². The maximum atomic E-state index is 13.6. The van der Waals surface area contributed by atoms with Crippen LogP contribution in [0.5, 0.6) is 0 Å². The zero-order chi connectivity index (χ0) is 13.5. The standard InChI is InChI=1S/C12H15FN2O3/c13-9-3-1-2-4-10(9)15(7-8-16)12(18)6-5-11(14)17/h1-4,16H,5-8H2,(H2,14,17). The molecule has 3 N–H and O–H groups in total. The first-order valence-electron chi connectivity index (χ1n) is 5.50. The number of carbonyl (C=O) groups excluding carboxylic acids is 2. The molecule has 6 heteroatoms. The number of para-hydroxylation sites is 1. The summed E-state index contributed by atoms with van der Waals surface area (Å²) in [7, 11) is 0. The second-order valence-corrected chi connectivity index (χ2v) is 3.69. The molecule has 98 valence electrons. The summed E-state index contributed by atoms with van der Waals surface area (Å²) >= 11 is 0. The number of halogens is 1. The Morgan fingerprint density at radius 2 is 1.94 bits per heavy atom. The quantitative estimate of drug-likeness (QED) is 0.771. The lowest BCUT2D eigenvalue weighted by atomic mass is 10.2. The molecule has 2 amide bonds. The topological polar surface area (TPSA) is 83.6 Å². The number of primary amides is 1. The van der Waals surface area contributed by atoms with Crippen molar-refractivity contribution in [1.29, 1.82) is 0 Å². The number of nitrogens with two attached hydrogens (primary N) is 1. The predicted octanol–water partition coefficient (Wildman–Crippen LogP) is 0.416. The van der Waals surface area contributed by atoms with Crippen molar-refractivity contribution in [3.05, 3.63) is 30.1 Å². The number of amides is 2. The number of hydrogen-bond acceptors (Lipinski definition) is 3. The molecular formula is C12H15FN2O3. The molecule has 1 rings (SSSR count). The highest BCUT2D eigenvalue weighted by atomic mass is 19.1. The Morgan fingerprint density at radius 3 is 2.50 bits per heavy atom. The van der Waals surface area contributed by atoms with Crippen molar-refractivity contribution in [1.82, 2.24) is 0 Å². The smallest absolute Gasteiger partial charge is 0.227 e. The fourth-order valence-electron chi connectivity index (χ4n) is 1.52. The maximum Gasteiger partial charge on any atom is 0.227 e. The highest BCUT2D eigenvalue weighted by molar-refractivity contribution is 5.95. The lowest BCUT2D eigenvalue weighted by Gasteiger charge is -2.22. The van der Waals surface area contributed by atoms with Crippen LogP contribution in [0, 0.1) is 5.82 Å². The van der Waals surface area contributed by atoms with Crippen LogP contribution >= 0.6 is 0 Å². The van der Waals surface area contributed by atoms with Crippen LogP contribution in [-0.4, -0.2) is 30.1 Å². The summed E-state index contributed by atoms with van der Waals surface area (Å²) in [6, 6.07) is 5.75. The van der Waals surface area contributed by atoms with Crippen LogP contribution in [0.15, 0.2) is 24.3 Å². The van der Waals surface area contributed by atoms with Gasteiger partial charge in [0.05, 0.1) is 12.3 Å². The molecule has 0 aliphatic carbocycles. The number of anilines is 1. The van der Waals surface area contributed by atoms with Crippen molar-refractivity contribution in [3.63, 3.8) is 0 Å². The summed E-state index contributed by atoms with van der Waals surface area (Å²) in [6.07, 6.45) is -0.209. The molecular weight excluding hydrogens is 239 g/mol. The zero-order valence-electron chi connectivity index (χ0n) is 9.80. The molecule has 0 fully saturated rings. The van der Waals surface area contributed by atoms with Crippen LogP contribution in [0.4, 0.5) is 10.1 Å². The van der Waals surface area contributed by atoms with Crippen molar-refractivity contribution in [2.45, 2.75) is 12.8 Å². The molecule has 0 radical (unpaired) electrons. The minimum Gasteiger partial charge on any atom is -0.395 e. The number of carbonyl (C=O) groups is 2. The second kappa shape index (κ2) is 6.70. The second-order valence-electron chi connectivity index (χ2n) is 3.69. The number of aliphatic hydroxyl groups excluding tert-OH is 1. The Bertz CT molecular complexity index is 437. The molecule has 1 aromatic rings. The summed E-state index contributed by atoms with van der Waals surface area (Å²) in [5, 5.41) is 8.91. The molecule has 0 aromatic heterocycles. The van der Waals surface area contributed by atoms with E-state index in [2.05, 4.69) is 0 Å². The summed E-state index contributed by atoms with van der Waals surface area (Å²) in [5.74, 6) is -1.60. The monoisotopic (exact) mass is 254 g/mol. The van der Waals surface area contributed by atoms with E-state index in [1.54, 1.807) is 6.07 Å². The summed E-state index contributed by atoms with van der Waals surface area (Å²) in [4.78, 5) is 23.6. The van der Waals surface area contributed by atoms with Crippen LogP contribution in [-0.2, 0) is 9.59 Å². The third kappa shape index (κ3) is 3.81. The average molecular weight is 254 g/mol. The predicted molar refractivity (Wildman–Crippen MR) is 64.3 cm³/mol. The minimum atomic E-state index is -0.596. The Kier molecular flexibility index (Phi) is 5.26. The van der Waals surface area contributed by atoms with Gasteiger partial charge in [-0.05, 0) is 12.1 Å². The van der Waals surface area contributed by atoms with Gasteiger partial charge in [-0.25, -0.2) is 4.39 Å². The van der Waals surface area contributed by atoms with Crippen LogP contribution in [0.25, 0.3) is 0 Å². The van der Waals surface area contributed by atoms with E-state index in [0.29, 0.717) is 0 Å². The van der Waals surface area contributed by atoms with Crippen molar-refractivity contribution in [3.8, 4) is 0 Å². The van der Waals surface area contributed by atoms with Gasteiger partial charge in [0.15, 0.2) is 0 Å². The van der Waals surface area contributed by atoms with Gasteiger partial charge in [-0.3, -0.25) is 9.59 Å². The largest absolute Gasteiger partial charge is 0.395 e. The molecule has 1 aromatic carbocycles. The normalized spacial score (nSPS) is 10.1. The fraction of sp³-hybridized carbons (Fsp3) is 0.333. The van der Waals surface area contributed by atoms with Crippen LogP contribution in [0.3, 0.4) is 0 Å². The Labute approximate surface area is 104 Å². The summed E-state index contributed by atoms with van der Waals surface area (Å²) in [6.45, 7) is -0.324. The van der Waals surface area contributed by atoms with Crippen molar-refractivity contribution in [2.24, 2.45) is 5.73 Å². The Hall–Kier alpha value is -1.95. The Morgan fingerprint density at radius 1 is 1.28 bits per heavy atom. The first-order valence-corrected chi connectivity index (χ1v) is 5.50. The van der Waals surface area contributed by atoms with E-state index in [4.69, 9.17) is 10.8 Å². The van der Waals surface area contributed by atoms with Gasteiger partial charge in [-0.15, -0.1) is 0 Å². The van der Waals surface area contributed by atoms with Gasteiger partial charge >= 0.3 is 0 Å². The average Bonchev–Trinajstić information content (AvgIpc) is 2.34. The van der Waals surface area contributed by atoms with Gasteiger partial charge in [0.2, 0.25) is 11.8 Å². The molecule has 0 saturated carbocycles. The Balaban J connectivity index is 2.85. The SMILES string of the molecule is NC(=O)CCC(=O)N(CCO)c1ccccc1F. The summed E-state index contributed by atoms with van der Waals surface area (Å²) < 4.78 is 13.6. The van der Waals surface area contributed by atoms with Gasteiger partial charge in [0.1, 0.15) is 5.82 Å². The van der Waals surface area contributed by atoms with Crippen LogP contribution < -0.4 is 10.6 Å². The molecule has 18 heavy (non-hydrogen) atoms. The first kappa shape index (κ1) is 14.1. The first-order chi connectivity index (χ1) is 8.56. The lowest BCUT2D eigenvalue weighted by molar-refractivity contribution is -0.123. The van der Waals surface area contributed by atoms with E-state index in [0.717, 1.165) is 4.90 Å². The molecule has 0 atom stereocenters. The molecule has 0 saturated heterocycles. The number of rotatable bonds is 6. The lowest BCUT2D eigenvalue weighted by Crippen LogP contribution is -2.34. The molecule has 0 unspecified atom stereocenters. The summed E-state index contributed by atoms with van der Waals surface area (Å²) in [5.41, 5.74) is 5.03. The van der Waals surface area contributed by atoms with E-state index in [1.165, 1.54) is 18.2 Å². The number of nitrogens with zero attached hydrogens (tertiary/aromatic N) is 1.